The number of halogens is 3. The van der Waals surface area contributed by atoms with Crippen LogP contribution in [0.5, 0.6) is 5.88 Å². The zero-order valence-corrected chi connectivity index (χ0v) is 22.4. The summed E-state index contributed by atoms with van der Waals surface area (Å²) in [7, 11) is 0. The predicted octanol–water partition coefficient (Wildman–Crippen LogP) is 5.08. The number of hydrogen-bond donors (Lipinski definition) is 1. The average molecular weight is 567 g/mol. The Morgan fingerprint density at radius 1 is 1.10 bits per heavy atom. The molecule has 3 aromatic heterocycles. The third-order valence-corrected chi connectivity index (χ3v) is 8.21. The van der Waals surface area contributed by atoms with Gasteiger partial charge in [0.25, 0.3) is 12.3 Å². The van der Waals surface area contributed by atoms with Gasteiger partial charge in [-0.2, -0.15) is 0 Å². The van der Waals surface area contributed by atoms with Crippen molar-refractivity contribution in [3.63, 3.8) is 0 Å². The quantitative estimate of drug-likeness (QED) is 0.332. The second kappa shape index (κ2) is 9.93. The van der Waals surface area contributed by atoms with E-state index in [1.54, 1.807) is 29.2 Å². The smallest absolute Gasteiger partial charge is 0.282 e. The zero-order chi connectivity index (χ0) is 28.2. The van der Waals surface area contributed by atoms with Gasteiger partial charge >= 0.3 is 0 Å². The van der Waals surface area contributed by atoms with Crippen molar-refractivity contribution < 1.29 is 22.7 Å². The molecule has 1 amide bonds. The zero-order valence-electron chi connectivity index (χ0n) is 21.6. The highest BCUT2D eigenvalue weighted by molar-refractivity contribution is 7.17. The Morgan fingerprint density at radius 2 is 1.77 bits per heavy atom. The summed E-state index contributed by atoms with van der Waals surface area (Å²) in [5, 5.41) is 0.176. The number of nitrogens with two attached hydrogens (primary N) is 1. The molecule has 0 radical (unpaired) electrons. The van der Waals surface area contributed by atoms with Crippen LogP contribution in [-0.2, 0) is 5.54 Å². The number of amides is 1. The van der Waals surface area contributed by atoms with Crippen LogP contribution in [0, 0.1) is 17.7 Å². The lowest BCUT2D eigenvalue weighted by Crippen LogP contribution is -2.33. The molecule has 8 nitrogen and oxygen atoms in total. The second-order valence-corrected chi connectivity index (χ2v) is 11.5. The van der Waals surface area contributed by atoms with Gasteiger partial charge in [0, 0.05) is 54.5 Å². The Hall–Kier alpha value is -3.90. The summed E-state index contributed by atoms with van der Waals surface area (Å²) < 4.78 is 47.2. The van der Waals surface area contributed by atoms with Crippen molar-refractivity contribution in [3.8, 4) is 28.0 Å². The van der Waals surface area contributed by atoms with E-state index in [0.29, 0.717) is 24.7 Å². The normalized spacial score (nSPS) is 20.1. The SMILES string of the molecule is CC(C)(N)c1cc(OC2[C@H]3CN(C(=O)c4sc(-c5ncccn5)nc4C(F)F)C[C@@H]23)nc(-c2ccc(F)cc2)c1. The molecule has 2 aliphatic rings. The number of rotatable bonds is 7. The highest BCUT2D eigenvalue weighted by atomic mass is 32.1. The van der Waals surface area contributed by atoms with Crippen LogP contribution in [0.15, 0.2) is 54.9 Å². The Kier molecular flexibility index (Phi) is 6.54. The van der Waals surface area contributed by atoms with Crippen LogP contribution in [0.1, 0.15) is 41.2 Å². The van der Waals surface area contributed by atoms with Crippen LogP contribution in [0.3, 0.4) is 0 Å². The Labute approximate surface area is 232 Å². The van der Waals surface area contributed by atoms with Crippen LogP contribution < -0.4 is 10.5 Å². The molecule has 6 rings (SSSR count). The number of hydrogen-bond acceptors (Lipinski definition) is 8. The standard InChI is InChI=1S/C28H25F3N6O2S/c1-28(2,32)15-10-19(14-4-6-16(29)7-5-14)35-20(11-15)39-22-17-12-37(13-18(17)22)27(38)23-21(24(30)31)36-26(40-23)25-33-8-3-9-34-25/h3-11,17-18,22,24H,12-13,32H2,1-2H3/t17-,18+,22?. The average Bonchev–Trinajstić information content (AvgIpc) is 3.29. The summed E-state index contributed by atoms with van der Waals surface area (Å²) in [6, 6.07) is 11.3. The molecule has 2 fully saturated rings. The minimum absolute atomic E-state index is 0.0504. The van der Waals surface area contributed by atoms with Gasteiger partial charge in [0.15, 0.2) is 10.8 Å². The number of pyridine rings is 1. The molecule has 1 saturated heterocycles. The molecule has 4 aromatic rings. The number of piperidine rings is 1. The van der Waals surface area contributed by atoms with E-state index in [-0.39, 0.29) is 39.5 Å². The highest BCUT2D eigenvalue weighted by Crippen LogP contribution is 2.49. The molecule has 206 valence electrons. The molecule has 0 bridgehead atoms. The number of benzene rings is 1. The van der Waals surface area contributed by atoms with Gasteiger partial charge in [0.2, 0.25) is 5.88 Å². The Morgan fingerprint density at radius 3 is 2.40 bits per heavy atom. The summed E-state index contributed by atoms with van der Waals surface area (Å²) in [5.74, 6) is -0.137. The maximum Gasteiger partial charge on any atom is 0.282 e. The Bertz CT molecular complexity index is 1550. The molecular weight excluding hydrogens is 541 g/mol. The number of thiazole rings is 1. The number of aromatic nitrogens is 4. The third-order valence-electron chi connectivity index (χ3n) is 7.16. The number of nitrogens with zero attached hydrogens (tertiary/aromatic N) is 5. The lowest BCUT2D eigenvalue weighted by Gasteiger charge is -2.22. The number of alkyl halides is 2. The van der Waals surface area contributed by atoms with Crippen LogP contribution in [-0.4, -0.2) is 49.9 Å². The van der Waals surface area contributed by atoms with Crippen molar-refractivity contribution in [1.82, 2.24) is 24.8 Å². The van der Waals surface area contributed by atoms with Gasteiger partial charge in [-0.1, -0.05) is 0 Å². The van der Waals surface area contributed by atoms with Crippen molar-refractivity contribution in [2.75, 3.05) is 13.1 Å². The minimum atomic E-state index is -2.90. The topological polar surface area (TPSA) is 107 Å². The number of likely N-dealkylation sites (tertiary alicyclic amines) is 1. The highest BCUT2D eigenvalue weighted by Gasteiger charge is 2.59. The summed E-state index contributed by atoms with van der Waals surface area (Å²) >= 11 is 0.876. The van der Waals surface area contributed by atoms with Gasteiger partial charge in [-0.25, -0.2) is 33.1 Å². The van der Waals surface area contributed by atoms with Crippen molar-refractivity contribution >= 4 is 17.2 Å². The van der Waals surface area contributed by atoms with Crippen LogP contribution >= 0.6 is 11.3 Å². The van der Waals surface area contributed by atoms with Gasteiger partial charge < -0.3 is 15.4 Å². The van der Waals surface area contributed by atoms with Crippen LogP contribution in [0.2, 0.25) is 0 Å². The lowest BCUT2D eigenvalue weighted by molar-refractivity contribution is 0.0744. The first-order valence-electron chi connectivity index (χ1n) is 12.7. The molecule has 1 aliphatic carbocycles. The molecule has 0 spiro atoms. The molecule has 1 unspecified atom stereocenters. The number of carbonyl (C=O) groups is 1. The number of ether oxygens (including phenoxy) is 1. The molecule has 3 atom stereocenters. The first-order chi connectivity index (χ1) is 19.1. The van der Waals surface area contributed by atoms with Crippen LogP contribution in [0.4, 0.5) is 13.2 Å². The largest absolute Gasteiger partial charge is 0.474 e. The van der Waals surface area contributed by atoms with E-state index in [9.17, 15) is 18.0 Å². The summed E-state index contributed by atoms with van der Waals surface area (Å²) in [4.78, 5) is 31.5. The van der Waals surface area contributed by atoms with Crippen molar-refractivity contribution in [2.24, 2.45) is 17.6 Å². The molecule has 1 aliphatic heterocycles. The fraction of sp³-hybridized carbons (Fsp3) is 0.321. The van der Waals surface area contributed by atoms with Gasteiger partial charge in [-0.3, -0.25) is 4.79 Å². The molecule has 2 N–H and O–H groups in total. The maximum absolute atomic E-state index is 13.8. The summed E-state index contributed by atoms with van der Waals surface area (Å²) in [6.45, 7) is 4.49. The second-order valence-electron chi connectivity index (χ2n) is 10.5. The van der Waals surface area contributed by atoms with Crippen molar-refractivity contribution in [2.45, 2.75) is 31.9 Å². The summed E-state index contributed by atoms with van der Waals surface area (Å²) in [6.07, 6.45) is -0.0916. The fourth-order valence-electron chi connectivity index (χ4n) is 4.94. The monoisotopic (exact) mass is 566 g/mol. The molecule has 1 saturated carbocycles. The molecule has 40 heavy (non-hydrogen) atoms. The minimum Gasteiger partial charge on any atom is -0.474 e. The fourth-order valence-corrected chi connectivity index (χ4v) is 5.93. The van der Waals surface area contributed by atoms with Gasteiger partial charge in [-0.05, 0) is 55.8 Å². The van der Waals surface area contributed by atoms with E-state index >= 15 is 0 Å². The van der Waals surface area contributed by atoms with E-state index < -0.39 is 23.6 Å². The van der Waals surface area contributed by atoms with Gasteiger partial charge in [-0.15, -0.1) is 11.3 Å². The van der Waals surface area contributed by atoms with E-state index in [1.165, 1.54) is 24.5 Å². The van der Waals surface area contributed by atoms with E-state index in [2.05, 4.69) is 19.9 Å². The first kappa shape index (κ1) is 26.3. The molecular formula is C28H25F3N6O2S. The maximum atomic E-state index is 13.8. The van der Waals surface area contributed by atoms with Crippen molar-refractivity contribution in [3.05, 3.63) is 76.8 Å². The third kappa shape index (κ3) is 5.04. The van der Waals surface area contributed by atoms with Gasteiger partial charge in [0.05, 0.1) is 5.69 Å². The molecule has 1 aromatic carbocycles. The summed E-state index contributed by atoms with van der Waals surface area (Å²) in [5.41, 5.74) is 7.28. The van der Waals surface area contributed by atoms with Crippen molar-refractivity contribution in [1.29, 1.82) is 0 Å². The van der Waals surface area contributed by atoms with E-state index in [0.717, 1.165) is 22.5 Å². The predicted molar refractivity (Wildman–Crippen MR) is 142 cm³/mol. The number of carbonyl (C=O) groups excluding carboxylic acids is 1. The van der Waals surface area contributed by atoms with E-state index in [4.69, 9.17) is 10.5 Å². The first-order valence-corrected chi connectivity index (χ1v) is 13.5. The van der Waals surface area contributed by atoms with E-state index in [1.807, 2.05) is 19.9 Å². The van der Waals surface area contributed by atoms with Crippen LogP contribution in [0.25, 0.3) is 22.1 Å². The lowest BCUT2D eigenvalue weighted by atomic mass is 9.95. The van der Waals surface area contributed by atoms with Gasteiger partial charge in [0.1, 0.15) is 22.5 Å². The Balaban J connectivity index is 1.18. The number of fused-ring (bicyclic) bond motifs is 1. The molecule has 12 heteroatoms. The molecule has 4 heterocycles.